The molecule has 1 aromatic rings. The lowest BCUT2D eigenvalue weighted by atomic mass is 10.2. The molecule has 0 aliphatic heterocycles. The van der Waals surface area contributed by atoms with Crippen molar-refractivity contribution in [1.29, 1.82) is 0 Å². The molecule has 1 rings (SSSR count). The van der Waals surface area contributed by atoms with Crippen molar-refractivity contribution in [3.63, 3.8) is 0 Å². The zero-order chi connectivity index (χ0) is 12.3. The van der Waals surface area contributed by atoms with Crippen LogP contribution >= 0.6 is 0 Å². The molecule has 86 valence electrons. The summed E-state index contributed by atoms with van der Waals surface area (Å²) in [6.45, 7) is 1.21. The molecule has 16 heavy (non-hydrogen) atoms. The third-order valence-corrected chi connectivity index (χ3v) is 1.71. The van der Waals surface area contributed by atoms with Crippen LogP contribution in [0.15, 0.2) is 18.2 Å². The zero-order valence-electron chi connectivity index (χ0n) is 8.40. The van der Waals surface area contributed by atoms with Crippen molar-refractivity contribution >= 4 is 23.3 Å². The molecular formula is C9H10FN3O3. The molecule has 0 fully saturated rings. The van der Waals surface area contributed by atoms with Crippen LogP contribution in [0.5, 0.6) is 0 Å². The van der Waals surface area contributed by atoms with E-state index in [9.17, 15) is 19.2 Å². The van der Waals surface area contributed by atoms with Gasteiger partial charge in [0.15, 0.2) is 0 Å². The molecule has 6 nitrogen and oxygen atoms in total. The number of nitrogens with zero attached hydrogens (tertiary/aromatic N) is 1. The van der Waals surface area contributed by atoms with Crippen molar-refractivity contribution in [2.45, 2.75) is 6.92 Å². The summed E-state index contributed by atoms with van der Waals surface area (Å²) in [5, 5.41) is 11.5. The number of rotatable bonds is 2. The first-order valence-electron chi connectivity index (χ1n) is 4.27. The third kappa shape index (κ3) is 2.67. The molecule has 0 aromatic heterocycles. The van der Waals surface area contributed by atoms with E-state index in [0.29, 0.717) is 0 Å². The summed E-state index contributed by atoms with van der Waals surface area (Å²) in [5.74, 6) is -1.16. The maximum Gasteiger partial charge on any atom is 0.343 e. The summed E-state index contributed by atoms with van der Waals surface area (Å²) in [4.78, 5) is 21.4. The molecule has 0 radical (unpaired) electrons. The second-order valence-corrected chi connectivity index (χ2v) is 3.00. The Morgan fingerprint density at radius 2 is 2.12 bits per heavy atom. The molecule has 4 N–H and O–H groups in total. The SMILES string of the molecule is CC(=O)Nc1cc(N(O)C(N)=O)ccc1F. The number of hydroxylamine groups is 1. The Morgan fingerprint density at radius 1 is 1.50 bits per heavy atom. The molecule has 1 aromatic carbocycles. The predicted octanol–water partition coefficient (Wildman–Crippen LogP) is 1.06. The highest BCUT2D eigenvalue weighted by Gasteiger charge is 2.12. The van der Waals surface area contributed by atoms with Crippen LogP contribution in [-0.2, 0) is 4.79 Å². The molecule has 0 bridgehead atoms. The van der Waals surface area contributed by atoms with E-state index < -0.39 is 17.8 Å². The minimum Gasteiger partial charge on any atom is -0.349 e. The van der Waals surface area contributed by atoms with Crippen molar-refractivity contribution in [2.75, 3.05) is 10.4 Å². The van der Waals surface area contributed by atoms with Gasteiger partial charge in [0.1, 0.15) is 5.82 Å². The predicted molar refractivity (Wildman–Crippen MR) is 54.6 cm³/mol. The van der Waals surface area contributed by atoms with Gasteiger partial charge in [-0.05, 0) is 18.2 Å². The van der Waals surface area contributed by atoms with Crippen LogP contribution in [0.3, 0.4) is 0 Å². The van der Waals surface area contributed by atoms with Gasteiger partial charge in [-0.2, -0.15) is 5.06 Å². The molecule has 0 aliphatic carbocycles. The quantitative estimate of drug-likeness (QED) is 0.520. The van der Waals surface area contributed by atoms with Crippen molar-refractivity contribution in [3.05, 3.63) is 24.0 Å². The Kier molecular flexibility index (Phi) is 3.41. The molecular weight excluding hydrogens is 217 g/mol. The van der Waals surface area contributed by atoms with Gasteiger partial charge in [0, 0.05) is 6.92 Å². The van der Waals surface area contributed by atoms with E-state index in [1.165, 1.54) is 6.92 Å². The minimum atomic E-state index is -1.11. The summed E-state index contributed by atoms with van der Waals surface area (Å²) in [6.07, 6.45) is 0. The van der Waals surface area contributed by atoms with Gasteiger partial charge in [-0.1, -0.05) is 0 Å². The van der Waals surface area contributed by atoms with Crippen LogP contribution in [-0.4, -0.2) is 17.1 Å². The van der Waals surface area contributed by atoms with Gasteiger partial charge in [0.25, 0.3) is 0 Å². The summed E-state index contributed by atoms with van der Waals surface area (Å²) in [7, 11) is 0. The minimum absolute atomic E-state index is 0.0438. The van der Waals surface area contributed by atoms with Crippen LogP contribution in [0, 0.1) is 5.82 Å². The van der Waals surface area contributed by atoms with Crippen LogP contribution in [0.2, 0.25) is 0 Å². The number of nitrogens with two attached hydrogens (primary N) is 1. The number of hydrogen-bond donors (Lipinski definition) is 3. The normalized spacial score (nSPS) is 9.69. The fourth-order valence-electron chi connectivity index (χ4n) is 1.06. The van der Waals surface area contributed by atoms with Crippen molar-refractivity contribution in [3.8, 4) is 0 Å². The maximum absolute atomic E-state index is 13.2. The number of primary amides is 1. The molecule has 7 heteroatoms. The van der Waals surface area contributed by atoms with Crippen LogP contribution < -0.4 is 16.1 Å². The van der Waals surface area contributed by atoms with E-state index in [4.69, 9.17) is 5.73 Å². The summed E-state index contributed by atoms with van der Waals surface area (Å²) < 4.78 is 13.2. The van der Waals surface area contributed by atoms with Crippen molar-refractivity contribution in [2.24, 2.45) is 5.73 Å². The Labute approximate surface area is 90.4 Å². The van der Waals surface area contributed by atoms with Crippen LogP contribution in [0.4, 0.5) is 20.6 Å². The first-order valence-corrected chi connectivity index (χ1v) is 4.27. The number of nitrogens with one attached hydrogen (secondary N) is 1. The van der Waals surface area contributed by atoms with Crippen LogP contribution in [0.1, 0.15) is 6.92 Å². The number of amides is 3. The summed E-state index contributed by atoms with van der Waals surface area (Å²) in [5.41, 5.74) is 4.62. The van der Waals surface area contributed by atoms with E-state index in [1.54, 1.807) is 0 Å². The Balaban J connectivity index is 3.06. The highest BCUT2D eigenvalue weighted by atomic mass is 19.1. The number of carbonyl (C=O) groups excluding carboxylic acids is 2. The smallest absolute Gasteiger partial charge is 0.343 e. The van der Waals surface area contributed by atoms with Gasteiger partial charge in [-0.15, -0.1) is 0 Å². The Morgan fingerprint density at radius 3 is 2.62 bits per heavy atom. The lowest BCUT2D eigenvalue weighted by Gasteiger charge is -2.13. The Bertz CT molecular complexity index is 436. The first-order chi connectivity index (χ1) is 7.41. The molecule has 0 heterocycles. The van der Waals surface area contributed by atoms with Gasteiger partial charge < -0.3 is 11.1 Å². The van der Waals surface area contributed by atoms with E-state index in [1.807, 2.05) is 0 Å². The van der Waals surface area contributed by atoms with Gasteiger partial charge in [0.2, 0.25) is 5.91 Å². The number of urea groups is 1. The van der Waals surface area contributed by atoms with Gasteiger partial charge >= 0.3 is 6.03 Å². The summed E-state index contributed by atoms with van der Waals surface area (Å²) in [6, 6.07) is 2.11. The zero-order valence-corrected chi connectivity index (χ0v) is 8.40. The number of hydrogen-bond acceptors (Lipinski definition) is 3. The number of carbonyl (C=O) groups is 2. The van der Waals surface area contributed by atoms with Crippen molar-refractivity contribution < 1.29 is 19.2 Å². The highest BCUT2D eigenvalue weighted by molar-refractivity contribution is 5.92. The molecule has 0 saturated carbocycles. The highest BCUT2D eigenvalue weighted by Crippen LogP contribution is 2.21. The fraction of sp³-hybridized carbons (Fsp3) is 0.111. The van der Waals surface area contributed by atoms with Crippen molar-refractivity contribution in [1.82, 2.24) is 0 Å². The number of halogens is 1. The molecule has 0 atom stereocenters. The molecule has 0 saturated heterocycles. The molecule has 0 unspecified atom stereocenters. The fourth-order valence-corrected chi connectivity index (χ4v) is 1.06. The summed E-state index contributed by atoms with van der Waals surface area (Å²) >= 11 is 0. The lowest BCUT2D eigenvalue weighted by molar-refractivity contribution is -0.114. The second-order valence-electron chi connectivity index (χ2n) is 3.00. The monoisotopic (exact) mass is 227 g/mol. The first kappa shape index (κ1) is 11.9. The average molecular weight is 227 g/mol. The third-order valence-electron chi connectivity index (χ3n) is 1.71. The number of benzene rings is 1. The topological polar surface area (TPSA) is 95.7 Å². The standard InChI is InChI=1S/C9H10FN3O3/c1-5(14)12-8-4-6(2-3-7(8)10)13(16)9(11)15/h2-4,16H,1H3,(H2,11,15)(H,12,14). The van der Waals surface area contributed by atoms with E-state index in [0.717, 1.165) is 18.2 Å². The largest absolute Gasteiger partial charge is 0.349 e. The molecule has 0 aliphatic rings. The number of anilines is 2. The van der Waals surface area contributed by atoms with Gasteiger partial charge in [-0.3, -0.25) is 10.0 Å². The Hall–Kier alpha value is -2.15. The second kappa shape index (κ2) is 4.58. The lowest BCUT2D eigenvalue weighted by Crippen LogP contribution is -2.32. The van der Waals surface area contributed by atoms with E-state index in [-0.39, 0.29) is 16.4 Å². The van der Waals surface area contributed by atoms with Crippen LogP contribution in [0.25, 0.3) is 0 Å². The van der Waals surface area contributed by atoms with Gasteiger partial charge in [0.05, 0.1) is 11.4 Å². The van der Waals surface area contributed by atoms with Gasteiger partial charge in [-0.25, -0.2) is 9.18 Å². The van der Waals surface area contributed by atoms with E-state index in [2.05, 4.69) is 5.32 Å². The molecule has 0 spiro atoms. The average Bonchev–Trinajstić information content (AvgIpc) is 2.19. The molecule has 3 amide bonds. The maximum atomic E-state index is 13.2. The van der Waals surface area contributed by atoms with E-state index >= 15 is 0 Å².